The molecule has 0 spiro atoms. The molecule has 0 radical (unpaired) electrons. The zero-order valence-corrected chi connectivity index (χ0v) is 8.16. The van der Waals surface area contributed by atoms with Crippen LogP contribution in [-0.4, -0.2) is 53.0 Å². The molecule has 15 heavy (non-hydrogen) atoms. The Kier molecular flexibility index (Phi) is 3.75. The molecule has 7 nitrogen and oxygen atoms in total. The maximum absolute atomic E-state index is 10.8. The number of aliphatic hydroxyl groups excluding tert-OH is 2. The number of ether oxygens (including phenoxy) is 1. The Labute approximate surface area is 86.2 Å². The van der Waals surface area contributed by atoms with Crippen LogP contribution >= 0.6 is 0 Å². The summed E-state index contributed by atoms with van der Waals surface area (Å²) in [6.07, 6.45) is -4.55. The lowest BCUT2D eigenvalue weighted by molar-refractivity contribution is -0.182. The summed E-state index contributed by atoms with van der Waals surface area (Å²) in [5, 5.41) is 21.3. The summed E-state index contributed by atoms with van der Waals surface area (Å²) in [7, 11) is 0. The SMILES string of the molecule is CC(=O)N[C@@H]1[C@@H](O)[C@H](O)[C@@H](C=O)O[C@H]1N. The Bertz CT molecular complexity index is 259. The van der Waals surface area contributed by atoms with E-state index in [-0.39, 0.29) is 0 Å². The van der Waals surface area contributed by atoms with E-state index in [0.717, 1.165) is 0 Å². The smallest absolute Gasteiger partial charge is 0.217 e. The van der Waals surface area contributed by atoms with Crippen molar-refractivity contribution in [3.63, 3.8) is 0 Å². The van der Waals surface area contributed by atoms with Crippen molar-refractivity contribution in [2.45, 2.75) is 37.5 Å². The van der Waals surface area contributed by atoms with Crippen LogP contribution in [0.1, 0.15) is 6.92 Å². The molecule has 0 aromatic heterocycles. The number of hydrogen-bond acceptors (Lipinski definition) is 6. The molecule has 1 amide bonds. The normalized spacial score (nSPS) is 40.9. The van der Waals surface area contributed by atoms with E-state index in [4.69, 9.17) is 10.5 Å². The number of carbonyl (C=O) groups is 2. The monoisotopic (exact) mass is 218 g/mol. The third-order valence-corrected chi connectivity index (χ3v) is 2.23. The molecule has 1 aliphatic heterocycles. The van der Waals surface area contributed by atoms with Crippen LogP contribution in [0.5, 0.6) is 0 Å². The molecule has 0 aliphatic carbocycles. The average molecular weight is 218 g/mol. The quantitative estimate of drug-likeness (QED) is 0.369. The molecule has 86 valence electrons. The molecule has 1 saturated heterocycles. The van der Waals surface area contributed by atoms with Gasteiger partial charge < -0.3 is 30.8 Å². The maximum Gasteiger partial charge on any atom is 0.217 e. The molecule has 5 N–H and O–H groups in total. The fraction of sp³-hybridized carbons (Fsp3) is 0.750. The Morgan fingerprint density at radius 3 is 2.53 bits per heavy atom. The van der Waals surface area contributed by atoms with E-state index in [9.17, 15) is 19.8 Å². The average Bonchev–Trinajstić information content (AvgIpc) is 2.18. The van der Waals surface area contributed by atoms with Gasteiger partial charge in [0.15, 0.2) is 6.29 Å². The molecule has 1 fully saturated rings. The van der Waals surface area contributed by atoms with Gasteiger partial charge >= 0.3 is 0 Å². The standard InChI is InChI=1S/C8H14N2O5/c1-3(12)10-5-7(14)6(13)4(2-11)15-8(5)9/h2,4-8,13-14H,9H2,1H3,(H,10,12)/t4-,5-,6-,7-,8-/m1/s1. The largest absolute Gasteiger partial charge is 0.388 e. The molecule has 0 unspecified atom stereocenters. The molecule has 0 aromatic carbocycles. The first kappa shape index (κ1) is 12.1. The highest BCUT2D eigenvalue weighted by atomic mass is 16.5. The van der Waals surface area contributed by atoms with Crippen LogP contribution in [-0.2, 0) is 14.3 Å². The van der Waals surface area contributed by atoms with Crippen LogP contribution in [0.4, 0.5) is 0 Å². The van der Waals surface area contributed by atoms with Crippen molar-refractivity contribution in [1.82, 2.24) is 5.32 Å². The van der Waals surface area contributed by atoms with Gasteiger partial charge in [-0.05, 0) is 0 Å². The molecule has 1 rings (SSSR count). The highest BCUT2D eigenvalue weighted by molar-refractivity contribution is 5.73. The lowest BCUT2D eigenvalue weighted by Crippen LogP contribution is -2.66. The Hall–Kier alpha value is -1.02. The van der Waals surface area contributed by atoms with Crippen molar-refractivity contribution >= 4 is 12.2 Å². The number of hydrogen-bond donors (Lipinski definition) is 4. The summed E-state index contributed by atoms with van der Waals surface area (Å²) in [5.41, 5.74) is 5.48. The van der Waals surface area contributed by atoms with Crippen LogP contribution in [0, 0.1) is 0 Å². The summed E-state index contributed by atoms with van der Waals surface area (Å²) < 4.78 is 4.92. The fourth-order valence-corrected chi connectivity index (χ4v) is 1.46. The number of aldehydes is 1. The minimum Gasteiger partial charge on any atom is -0.388 e. The number of nitrogens with two attached hydrogens (primary N) is 1. The predicted octanol–water partition coefficient (Wildman–Crippen LogP) is -2.90. The Morgan fingerprint density at radius 2 is 2.07 bits per heavy atom. The van der Waals surface area contributed by atoms with Crippen molar-refractivity contribution in [1.29, 1.82) is 0 Å². The van der Waals surface area contributed by atoms with Crippen LogP contribution in [0.2, 0.25) is 0 Å². The van der Waals surface area contributed by atoms with Crippen molar-refractivity contribution in [3.8, 4) is 0 Å². The van der Waals surface area contributed by atoms with Crippen LogP contribution in [0.3, 0.4) is 0 Å². The lowest BCUT2D eigenvalue weighted by atomic mass is 9.96. The second kappa shape index (κ2) is 4.67. The molecule has 7 heteroatoms. The van der Waals surface area contributed by atoms with Gasteiger partial charge in [-0.25, -0.2) is 0 Å². The van der Waals surface area contributed by atoms with Gasteiger partial charge in [0, 0.05) is 6.92 Å². The van der Waals surface area contributed by atoms with E-state index >= 15 is 0 Å². The lowest BCUT2D eigenvalue weighted by Gasteiger charge is -2.39. The van der Waals surface area contributed by atoms with Gasteiger partial charge in [-0.2, -0.15) is 0 Å². The summed E-state index contributed by atoms with van der Waals surface area (Å²) in [6, 6.07) is -0.923. The summed E-state index contributed by atoms with van der Waals surface area (Å²) in [5.74, 6) is -0.408. The van der Waals surface area contributed by atoms with Gasteiger partial charge in [0.05, 0.1) is 6.04 Å². The molecule has 0 saturated carbocycles. The van der Waals surface area contributed by atoms with Crippen LogP contribution < -0.4 is 11.1 Å². The number of carbonyl (C=O) groups excluding carboxylic acids is 2. The second-order valence-electron chi connectivity index (χ2n) is 3.41. The number of nitrogens with one attached hydrogen (secondary N) is 1. The number of aliphatic hydroxyl groups is 2. The molecular formula is C8H14N2O5. The van der Waals surface area contributed by atoms with Gasteiger partial charge in [0.2, 0.25) is 5.91 Å². The third-order valence-electron chi connectivity index (χ3n) is 2.23. The van der Waals surface area contributed by atoms with E-state index in [0.29, 0.717) is 6.29 Å². The van der Waals surface area contributed by atoms with Crippen molar-refractivity contribution in [2.75, 3.05) is 0 Å². The fourth-order valence-electron chi connectivity index (χ4n) is 1.46. The first-order chi connectivity index (χ1) is 6.97. The van der Waals surface area contributed by atoms with E-state index < -0.39 is 36.5 Å². The van der Waals surface area contributed by atoms with Crippen molar-refractivity contribution in [3.05, 3.63) is 0 Å². The zero-order valence-electron chi connectivity index (χ0n) is 8.16. The Morgan fingerprint density at radius 1 is 1.47 bits per heavy atom. The summed E-state index contributed by atoms with van der Waals surface area (Å²) >= 11 is 0. The van der Waals surface area contributed by atoms with Crippen molar-refractivity contribution in [2.24, 2.45) is 5.73 Å². The van der Waals surface area contributed by atoms with E-state index in [1.165, 1.54) is 6.92 Å². The highest BCUT2D eigenvalue weighted by Crippen LogP contribution is 2.17. The molecule has 0 bridgehead atoms. The van der Waals surface area contributed by atoms with Crippen LogP contribution in [0.15, 0.2) is 0 Å². The van der Waals surface area contributed by atoms with E-state index in [1.807, 2.05) is 0 Å². The third kappa shape index (κ3) is 2.51. The van der Waals surface area contributed by atoms with Gasteiger partial charge in [-0.15, -0.1) is 0 Å². The maximum atomic E-state index is 10.8. The molecule has 5 atom stereocenters. The summed E-state index contributed by atoms with van der Waals surface area (Å²) in [4.78, 5) is 21.2. The number of rotatable bonds is 2. The topological polar surface area (TPSA) is 122 Å². The first-order valence-electron chi connectivity index (χ1n) is 4.47. The molecule has 0 aromatic rings. The first-order valence-corrected chi connectivity index (χ1v) is 4.47. The minimum atomic E-state index is -1.39. The van der Waals surface area contributed by atoms with Crippen molar-refractivity contribution < 1.29 is 24.5 Å². The zero-order chi connectivity index (χ0) is 11.6. The van der Waals surface area contributed by atoms with Gasteiger partial charge in [-0.1, -0.05) is 0 Å². The minimum absolute atomic E-state index is 0.359. The predicted molar refractivity (Wildman–Crippen MR) is 48.5 cm³/mol. The van der Waals surface area contributed by atoms with E-state index in [1.54, 1.807) is 0 Å². The Balaban J connectivity index is 2.74. The van der Waals surface area contributed by atoms with Gasteiger partial charge in [-0.3, -0.25) is 4.79 Å². The second-order valence-corrected chi connectivity index (χ2v) is 3.41. The highest BCUT2D eigenvalue weighted by Gasteiger charge is 2.43. The number of amides is 1. The molecular weight excluding hydrogens is 204 g/mol. The summed E-state index contributed by atoms with van der Waals surface area (Å²) in [6.45, 7) is 1.25. The van der Waals surface area contributed by atoms with Gasteiger partial charge in [0.25, 0.3) is 0 Å². The van der Waals surface area contributed by atoms with Gasteiger partial charge in [0.1, 0.15) is 24.5 Å². The molecule has 1 aliphatic rings. The van der Waals surface area contributed by atoms with E-state index in [2.05, 4.69) is 5.32 Å². The van der Waals surface area contributed by atoms with Crippen LogP contribution in [0.25, 0.3) is 0 Å². The molecule has 1 heterocycles.